The van der Waals surface area contributed by atoms with Crippen molar-refractivity contribution < 1.29 is 19.1 Å². The van der Waals surface area contributed by atoms with Gasteiger partial charge in [0.15, 0.2) is 11.5 Å². The van der Waals surface area contributed by atoms with E-state index in [4.69, 9.17) is 9.47 Å². The average molecular weight is 305 g/mol. The predicted octanol–water partition coefficient (Wildman–Crippen LogP) is 1.76. The van der Waals surface area contributed by atoms with Crippen LogP contribution < -0.4 is 14.8 Å². The number of unbranched alkanes of at least 4 members (excludes halogenated alkanes) is 1. The minimum absolute atomic E-state index is 0.0648. The summed E-state index contributed by atoms with van der Waals surface area (Å²) < 4.78 is 10.9. The van der Waals surface area contributed by atoms with E-state index >= 15 is 0 Å². The molecule has 7 nitrogen and oxygen atoms in total. The topological polar surface area (TPSA) is 80.2 Å². The number of nitrogens with one attached hydrogen (secondary N) is 1. The number of imide groups is 1. The van der Waals surface area contributed by atoms with Crippen molar-refractivity contribution in [2.45, 2.75) is 19.8 Å². The molecule has 1 aromatic rings. The molecule has 1 aromatic carbocycles. The van der Waals surface area contributed by atoms with Crippen molar-refractivity contribution in [2.75, 3.05) is 20.3 Å². The third kappa shape index (κ3) is 3.97. The number of hydrogen-bond donors (Lipinski definition) is 1. The Bertz CT molecular complexity index is 586. The number of carbonyl (C=O) groups is 2. The molecule has 0 spiro atoms. The molecule has 0 bridgehead atoms. The van der Waals surface area contributed by atoms with Crippen molar-refractivity contribution in [3.63, 3.8) is 0 Å². The van der Waals surface area contributed by atoms with Gasteiger partial charge in [-0.3, -0.25) is 10.1 Å². The van der Waals surface area contributed by atoms with Crippen LogP contribution in [0, 0.1) is 0 Å². The average Bonchev–Trinajstić information content (AvgIpc) is 2.84. The molecule has 0 atom stereocenters. The molecule has 0 saturated carbocycles. The molecule has 22 heavy (non-hydrogen) atoms. The van der Waals surface area contributed by atoms with Gasteiger partial charge in [0.05, 0.1) is 19.9 Å². The maximum absolute atomic E-state index is 11.4. The lowest BCUT2D eigenvalue weighted by atomic mass is 10.2. The number of methoxy groups -OCH3 is 1. The fourth-order valence-corrected chi connectivity index (χ4v) is 1.87. The summed E-state index contributed by atoms with van der Waals surface area (Å²) in [5, 5.41) is 7.21. The molecule has 0 radical (unpaired) electrons. The van der Waals surface area contributed by atoms with Gasteiger partial charge in [-0.05, 0) is 30.2 Å². The second kappa shape index (κ2) is 7.44. The summed E-state index contributed by atoms with van der Waals surface area (Å²) in [5.74, 6) is 0.906. The van der Waals surface area contributed by atoms with Crippen LogP contribution in [0.4, 0.5) is 4.79 Å². The minimum atomic E-state index is -0.521. The van der Waals surface area contributed by atoms with Gasteiger partial charge in [-0.1, -0.05) is 13.3 Å². The van der Waals surface area contributed by atoms with Crippen molar-refractivity contribution in [1.29, 1.82) is 0 Å². The number of rotatable bonds is 7. The monoisotopic (exact) mass is 305 g/mol. The summed E-state index contributed by atoms with van der Waals surface area (Å²) in [7, 11) is 1.57. The molecule has 2 rings (SSSR count). The van der Waals surface area contributed by atoms with Crippen LogP contribution in [0.2, 0.25) is 0 Å². The summed E-state index contributed by atoms with van der Waals surface area (Å²) in [4.78, 5) is 22.4. The molecule has 1 N–H and O–H groups in total. The number of carbonyl (C=O) groups excluding carboxylic acids is 2. The van der Waals surface area contributed by atoms with Crippen LogP contribution in [0.1, 0.15) is 25.3 Å². The highest BCUT2D eigenvalue weighted by molar-refractivity contribution is 6.02. The Morgan fingerprint density at radius 3 is 2.82 bits per heavy atom. The Labute approximate surface area is 128 Å². The fourth-order valence-electron chi connectivity index (χ4n) is 1.87. The molecule has 118 valence electrons. The SMILES string of the molecule is CCCCOc1ccc(/C=N\N2CC(=O)NC2=O)cc1OC. The molecule has 3 amide bonds. The molecular weight excluding hydrogens is 286 g/mol. The Kier molecular flexibility index (Phi) is 5.35. The van der Waals surface area contributed by atoms with Crippen LogP contribution in [-0.4, -0.2) is 43.4 Å². The Balaban J connectivity index is 2.05. The molecule has 7 heteroatoms. The number of urea groups is 1. The zero-order chi connectivity index (χ0) is 15.9. The van der Waals surface area contributed by atoms with Crippen LogP contribution in [0.5, 0.6) is 11.5 Å². The number of amides is 3. The highest BCUT2D eigenvalue weighted by Gasteiger charge is 2.25. The Morgan fingerprint density at radius 1 is 1.36 bits per heavy atom. The van der Waals surface area contributed by atoms with E-state index in [1.807, 2.05) is 6.07 Å². The van der Waals surface area contributed by atoms with E-state index in [-0.39, 0.29) is 12.5 Å². The largest absolute Gasteiger partial charge is 0.493 e. The van der Waals surface area contributed by atoms with E-state index in [2.05, 4.69) is 17.3 Å². The fraction of sp³-hybridized carbons (Fsp3) is 0.400. The standard InChI is InChI=1S/C15H19N3O4/c1-3-4-7-22-12-6-5-11(8-13(12)21-2)9-16-18-10-14(19)17-15(18)20/h5-6,8-9H,3-4,7,10H2,1-2H3,(H,17,19,20)/b16-9-. The first-order chi connectivity index (χ1) is 10.6. The van der Waals surface area contributed by atoms with Gasteiger partial charge in [0.25, 0.3) is 0 Å². The second-order valence-corrected chi connectivity index (χ2v) is 4.77. The van der Waals surface area contributed by atoms with Gasteiger partial charge in [0.1, 0.15) is 6.54 Å². The lowest BCUT2D eigenvalue weighted by Crippen LogP contribution is -2.24. The van der Waals surface area contributed by atoms with Gasteiger partial charge >= 0.3 is 6.03 Å². The maximum atomic E-state index is 11.4. The normalized spacial score (nSPS) is 14.5. The highest BCUT2D eigenvalue weighted by Crippen LogP contribution is 2.27. The lowest BCUT2D eigenvalue weighted by Gasteiger charge is -2.11. The first-order valence-corrected chi connectivity index (χ1v) is 7.10. The van der Waals surface area contributed by atoms with Gasteiger partial charge in [-0.25, -0.2) is 9.80 Å². The number of benzene rings is 1. The Morgan fingerprint density at radius 2 is 2.18 bits per heavy atom. The number of ether oxygens (including phenoxy) is 2. The van der Waals surface area contributed by atoms with E-state index < -0.39 is 6.03 Å². The molecule has 1 aliphatic rings. The molecule has 0 aliphatic carbocycles. The molecule has 0 unspecified atom stereocenters. The molecule has 1 heterocycles. The van der Waals surface area contributed by atoms with Crippen LogP contribution in [0.25, 0.3) is 0 Å². The van der Waals surface area contributed by atoms with Gasteiger partial charge in [-0.2, -0.15) is 5.10 Å². The summed E-state index contributed by atoms with van der Waals surface area (Å²) in [6.07, 6.45) is 3.53. The van der Waals surface area contributed by atoms with Gasteiger partial charge < -0.3 is 9.47 Å². The summed E-state index contributed by atoms with van der Waals surface area (Å²) >= 11 is 0. The van der Waals surface area contributed by atoms with E-state index in [1.165, 1.54) is 6.21 Å². The van der Waals surface area contributed by atoms with E-state index in [0.29, 0.717) is 18.1 Å². The summed E-state index contributed by atoms with van der Waals surface area (Å²) in [6.45, 7) is 2.67. The van der Waals surface area contributed by atoms with Crippen LogP contribution in [0.3, 0.4) is 0 Å². The highest BCUT2D eigenvalue weighted by atomic mass is 16.5. The predicted molar refractivity (Wildman–Crippen MR) is 81.2 cm³/mol. The van der Waals surface area contributed by atoms with E-state index in [9.17, 15) is 9.59 Å². The van der Waals surface area contributed by atoms with E-state index in [0.717, 1.165) is 23.4 Å². The van der Waals surface area contributed by atoms with Gasteiger partial charge in [0.2, 0.25) is 5.91 Å². The number of hydrogen-bond acceptors (Lipinski definition) is 5. The number of nitrogens with zero attached hydrogens (tertiary/aromatic N) is 2. The Hall–Kier alpha value is -2.57. The van der Waals surface area contributed by atoms with Crippen molar-refractivity contribution in [3.8, 4) is 11.5 Å². The minimum Gasteiger partial charge on any atom is -0.493 e. The van der Waals surface area contributed by atoms with Crippen molar-refractivity contribution in [1.82, 2.24) is 10.3 Å². The smallest absolute Gasteiger partial charge is 0.344 e. The summed E-state index contributed by atoms with van der Waals surface area (Å²) in [6, 6.07) is 4.85. The number of hydrazone groups is 1. The summed E-state index contributed by atoms with van der Waals surface area (Å²) in [5.41, 5.74) is 0.742. The van der Waals surface area contributed by atoms with Crippen LogP contribution in [-0.2, 0) is 4.79 Å². The third-order valence-electron chi connectivity index (χ3n) is 3.06. The van der Waals surface area contributed by atoms with Gasteiger partial charge in [0, 0.05) is 0 Å². The molecule has 0 aromatic heterocycles. The van der Waals surface area contributed by atoms with Crippen LogP contribution >= 0.6 is 0 Å². The lowest BCUT2D eigenvalue weighted by molar-refractivity contribution is -0.118. The van der Waals surface area contributed by atoms with E-state index in [1.54, 1.807) is 19.2 Å². The zero-order valence-electron chi connectivity index (χ0n) is 12.7. The molecule has 1 saturated heterocycles. The molecule has 1 fully saturated rings. The van der Waals surface area contributed by atoms with Crippen molar-refractivity contribution in [3.05, 3.63) is 23.8 Å². The maximum Gasteiger partial charge on any atom is 0.344 e. The first-order valence-electron chi connectivity index (χ1n) is 7.10. The van der Waals surface area contributed by atoms with Crippen LogP contribution in [0.15, 0.2) is 23.3 Å². The van der Waals surface area contributed by atoms with Gasteiger partial charge in [-0.15, -0.1) is 0 Å². The first kappa shape index (κ1) is 15.8. The zero-order valence-corrected chi connectivity index (χ0v) is 12.7. The second-order valence-electron chi connectivity index (χ2n) is 4.77. The molecule has 1 aliphatic heterocycles. The van der Waals surface area contributed by atoms with Crippen molar-refractivity contribution in [2.24, 2.45) is 5.10 Å². The third-order valence-corrected chi connectivity index (χ3v) is 3.06. The quantitative estimate of drug-likeness (QED) is 0.473. The van der Waals surface area contributed by atoms with Crippen molar-refractivity contribution >= 4 is 18.2 Å². The molecular formula is C15H19N3O4.